The second-order valence-electron chi connectivity index (χ2n) is 4.30. The van der Waals surface area contributed by atoms with Gasteiger partial charge in [0, 0.05) is 18.8 Å². The molecule has 4 nitrogen and oxygen atoms in total. The summed E-state index contributed by atoms with van der Waals surface area (Å²) in [4.78, 5) is 4.45. The van der Waals surface area contributed by atoms with Crippen LogP contribution in [0, 0.1) is 11.8 Å². The maximum absolute atomic E-state index is 4.45. The maximum atomic E-state index is 4.45. The zero-order valence-corrected chi connectivity index (χ0v) is 8.72. The Hall–Kier alpha value is -1.58. The SMILES string of the molecule is CC1CC1CNc1ccn2nccc2n1. The lowest BCUT2D eigenvalue weighted by molar-refractivity contribution is 0.784. The zero-order chi connectivity index (χ0) is 10.3. The summed E-state index contributed by atoms with van der Waals surface area (Å²) in [7, 11) is 0. The molecule has 2 atom stereocenters. The lowest BCUT2D eigenvalue weighted by atomic mass is 10.3. The summed E-state index contributed by atoms with van der Waals surface area (Å²) in [6.45, 7) is 3.33. The molecule has 78 valence electrons. The Labute approximate surface area is 88.3 Å². The Bertz CT molecular complexity index is 476. The molecule has 0 bridgehead atoms. The average molecular weight is 202 g/mol. The predicted octanol–water partition coefficient (Wildman–Crippen LogP) is 1.80. The van der Waals surface area contributed by atoms with E-state index in [0.717, 1.165) is 29.8 Å². The molecular weight excluding hydrogens is 188 g/mol. The van der Waals surface area contributed by atoms with E-state index in [9.17, 15) is 0 Å². The van der Waals surface area contributed by atoms with Gasteiger partial charge in [0.15, 0.2) is 5.65 Å². The Morgan fingerprint density at radius 3 is 3.20 bits per heavy atom. The molecule has 0 aromatic carbocycles. The molecule has 1 saturated carbocycles. The lowest BCUT2D eigenvalue weighted by Gasteiger charge is -2.04. The molecule has 4 heteroatoms. The Kier molecular flexibility index (Phi) is 1.87. The van der Waals surface area contributed by atoms with Gasteiger partial charge in [-0.1, -0.05) is 6.92 Å². The average Bonchev–Trinajstić information content (AvgIpc) is 2.78. The van der Waals surface area contributed by atoms with Crippen LogP contribution < -0.4 is 5.32 Å². The smallest absolute Gasteiger partial charge is 0.157 e. The van der Waals surface area contributed by atoms with Crippen LogP contribution in [-0.4, -0.2) is 21.1 Å². The van der Waals surface area contributed by atoms with E-state index in [1.807, 2.05) is 18.3 Å². The number of fused-ring (bicyclic) bond motifs is 1. The minimum Gasteiger partial charge on any atom is -0.370 e. The standard InChI is InChI=1S/C11H14N4/c1-8-6-9(8)7-12-10-3-5-15-11(14-10)2-4-13-15/h2-5,8-9H,6-7H2,1H3,(H,12,14). The molecule has 0 aliphatic heterocycles. The van der Waals surface area contributed by atoms with Crippen LogP contribution in [0.5, 0.6) is 0 Å². The molecule has 0 spiro atoms. The summed E-state index contributed by atoms with van der Waals surface area (Å²) >= 11 is 0. The van der Waals surface area contributed by atoms with E-state index in [1.54, 1.807) is 10.7 Å². The van der Waals surface area contributed by atoms with Crippen molar-refractivity contribution in [2.75, 3.05) is 11.9 Å². The largest absolute Gasteiger partial charge is 0.370 e. The first kappa shape index (κ1) is 8.71. The molecule has 2 aromatic rings. The topological polar surface area (TPSA) is 42.2 Å². The second kappa shape index (κ2) is 3.22. The van der Waals surface area contributed by atoms with Crippen molar-refractivity contribution in [1.82, 2.24) is 14.6 Å². The fourth-order valence-corrected chi connectivity index (χ4v) is 1.83. The van der Waals surface area contributed by atoms with Crippen molar-refractivity contribution in [2.24, 2.45) is 11.8 Å². The molecule has 2 unspecified atom stereocenters. The monoisotopic (exact) mass is 202 g/mol. The fraction of sp³-hybridized carbons (Fsp3) is 0.455. The molecule has 2 heterocycles. The third-order valence-electron chi connectivity index (χ3n) is 3.08. The summed E-state index contributed by atoms with van der Waals surface area (Å²) in [5.41, 5.74) is 0.892. The van der Waals surface area contributed by atoms with Crippen LogP contribution >= 0.6 is 0 Å². The number of aromatic nitrogens is 3. The van der Waals surface area contributed by atoms with Crippen LogP contribution in [0.4, 0.5) is 5.82 Å². The van der Waals surface area contributed by atoms with E-state index in [-0.39, 0.29) is 0 Å². The number of hydrogen-bond donors (Lipinski definition) is 1. The van der Waals surface area contributed by atoms with Crippen LogP contribution in [0.15, 0.2) is 24.5 Å². The number of hydrogen-bond acceptors (Lipinski definition) is 3. The third-order valence-corrected chi connectivity index (χ3v) is 3.08. The van der Waals surface area contributed by atoms with Crippen molar-refractivity contribution in [3.8, 4) is 0 Å². The Balaban J connectivity index is 1.73. The van der Waals surface area contributed by atoms with Crippen LogP contribution in [-0.2, 0) is 0 Å². The van der Waals surface area contributed by atoms with Crippen molar-refractivity contribution in [3.63, 3.8) is 0 Å². The summed E-state index contributed by atoms with van der Waals surface area (Å²) in [5, 5.41) is 7.47. The zero-order valence-electron chi connectivity index (χ0n) is 8.72. The third kappa shape index (κ3) is 1.67. The molecule has 15 heavy (non-hydrogen) atoms. The van der Waals surface area contributed by atoms with E-state index in [0.29, 0.717) is 0 Å². The number of anilines is 1. The molecule has 0 radical (unpaired) electrons. The van der Waals surface area contributed by atoms with E-state index >= 15 is 0 Å². The van der Waals surface area contributed by atoms with Crippen molar-refractivity contribution in [1.29, 1.82) is 0 Å². The van der Waals surface area contributed by atoms with E-state index in [1.165, 1.54) is 6.42 Å². The van der Waals surface area contributed by atoms with Crippen LogP contribution in [0.1, 0.15) is 13.3 Å². The van der Waals surface area contributed by atoms with E-state index in [4.69, 9.17) is 0 Å². The molecule has 1 aliphatic carbocycles. The van der Waals surface area contributed by atoms with Crippen LogP contribution in [0.25, 0.3) is 5.65 Å². The number of nitrogens with one attached hydrogen (secondary N) is 1. The highest BCUT2D eigenvalue weighted by atomic mass is 15.2. The van der Waals surface area contributed by atoms with Crippen molar-refractivity contribution >= 4 is 11.5 Å². The highest BCUT2D eigenvalue weighted by molar-refractivity contribution is 5.45. The normalized spacial score (nSPS) is 24.3. The van der Waals surface area contributed by atoms with Crippen molar-refractivity contribution < 1.29 is 0 Å². The maximum Gasteiger partial charge on any atom is 0.157 e. The molecule has 0 amide bonds. The van der Waals surface area contributed by atoms with Gasteiger partial charge in [-0.3, -0.25) is 0 Å². The van der Waals surface area contributed by atoms with Gasteiger partial charge < -0.3 is 5.32 Å². The van der Waals surface area contributed by atoms with Gasteiger partial charge in [-0.25, -0.2) is 9.50 Å². The summed E-state index contributed by atoms with van der Waals surface area (Å²) in [6, 6.07) is 3.87. The fourth-order valence-electron chi connectivity index (χ4n) is 1.83. The van der Waals surface area contributed by atoms with Gasteiger partial charge in [-0.15, -0.1) is 0 Å². The predicted molar refractivity (Wildman–Crippen MR) is 58.7 cm³/mol. The minimum absolute atomic E-state index is 0.841. The lowest BCUT2D eigenvalue weighted by Crippen LogP contribution is -2.06. The molecule has 3 rings (SSSR count). The highest BCUT2D eigenvalue weighted by Gasteiger charge is 2.31. The van der Waals surface area contributed by atoms with Gasteiger partial charge in [0.25, 0.3) is 0 Å². The Morgan fingerprint density at radius 1 is 1.53 bits per heavy atom. The molecule has 2 aromatic heterocycles. The van der Waals surface area contributed by atoms with Crippen LogP contribution in [0.3, 0.4) is 0 Å². The van der Waals surface area contributed by atoms with Gasteiger partial charge in [0.1, 0.15) is 5.82 Å². The van der Waals surface area contributed by atoms with E-state index in [2.05, 4.69) is 22.3 Å². The molecule has 1 aliphatic rings. The van der Waals surface area contributed by atoms with Gasteiger partial charge in [-0.05, 0) is 24.3 Å². The van der Waals surface area contributed by atoms with Gasteiger partial charge in [-0.2, -0.15) is 5.10 Å². The quantitative estimate of drug-likeness (QED) is 0.825. The first-order valence-corrected chi connectivity index (χ1v) is 5.37. The first-order valence-electron chi connectivity index (χ1n) is 5.37. The number of nitrogens with zero attached hydrogens (tertiary/aromatic N) is 3. The molecular formula is C11H14N4. The first-order chi connectivity index (χ1) is 7.33. The van der Waals surface area contributed by atoms with Crippen molar-refractivity contribution in [3.05, 3.63) is 24.5 Å². The summed E-state index contributed by atoms with van der Waals surface area (Å²) in [5.74, 6) is 2.67. The van der Waals surface area contributed by atoms with Gasteiger partial charge >= 0.3 is 0 Å². The highest BCUT2D eigenvalue weighted by Crippen LogP contribution is 2.37. The van der Waals surface area contributed by atoms with E-state index < -0.39 is 0 Å². The molecule has 1 N–H and O–H groups in total. The Morgan fingerprint density at radius 2 is 2.40 bits per heavy atom. The second-order valence-corrected chi connectivity index (χ2v) is 4.30. The molecule has 0 saturated heterocycles. The summed E-state index contributed by atoms with van der Waals surface area (Å²) in [6.07, 6.45) is 5.04. The van der Waals surface area contributed by atoms with Gasteiger partial charge in [0.2, 0.25) is 0 Å². The minimum atomic E-state index is 0.841. The molecule has 1 fully saturated rings. The van der Waals surface area contributed by atoms with Crippen molar-refractivity contribution in [2.45, 2.75) is 13.3 Å². The van der Waals surface area contributed by atoms with Gasteiger partial charge in [0.05, 0.1) is 6.20 Å². The van der Waals surface area contributed by atoms with Crippen LogP contribution in [0.2, 0.25) is 0 Å². The summed E-state index contributed by atoms with van der Waals surface area (Å²) < 4.78 is 1.77. The number of rotatable bonds is 3.